The van der Waals surface area contributed by atoms with Gasteiger partial charge in [-0.1, -0.05) is 0 Å². The van der Waals surface area contributed by atoms with Gasteiger partial charge in [0.2, 0.25) is 0 Å². The fraction of sp³-hybridized carbons (Fsp3) is 0. The van der Waals surface area contributed by atoms with E-state index in [0.717, 1.165) is 16.1 Å². The van der Waals surface area contributed by atoms with Gasteiger partial charge >= 0.3 is 0 Å². The van der Waals surface area contributed by atoms with Gasteiger partial charge in [0.05, 0.1) is 0 Å². The van der Waals surface area contributed by atoms with Crippen molar-refractivity contribution in [2.45, 2.75) is 0 Å². The lowest BCUT2D eigenvalue weighted by molar-refractivity contribution is 0.988. The van der Waals surface area contributed by atoms with Gasteiger partial charge in [-0.15, -0.1) is 9.72 Å². The zero-order chi connectivity index (χ0) is 4.24. The first-order valence-electron chi connectivity index (χ1n) is 1.20. The van der Waals surface area contributed by atoms with Crippen molar-refractivity contribution in [3.8, 4) is 0 Å². The molecule has 0 N–H and O–H groups in total. The molecule has 0 saturated heterocycles. The fourth-order valence-electron chi connectivity index (χ4n) is 0.107. The van der Waals surface area contributed by atoms with Crippen LogP contribution in [0.1, 0.15) is 0 Å². The summed E-state index contributed by atoms with van der Waals surface area (Å²) in [7, 11) is 3.26. The number of rotatable bonds is 0. The molecule has 30 valence electrons. The molecule has 6 heavy (non-hydrogen) atoms. The van der Waals surface area contributed by atoms with Crippen molar-refractivity contribution in [3.63, 3.8) is 0 Å². The van der Waals surface area contributed by atoms with E-state index in [4.69, 9.17) is 0 Å². The highest BCUT2D eigenvalue weighted by molar-refractivity contribution is 8.14. The van der Waals surface area contributed by atoms with E-state index in [1.54, 1.807) is 0 Å². The van der Waals surface area contributed by atoms with Crippen molar-refractivity contribution in [1.29, 1.82) is 0 Å². The molecular weight excluding hydrogens is 135 g/mol. The summed E-state index contributed by atoms with van der Waals surface area (Å²) in [5, 5.41) is 3.40. The molecule has 1 aromatic heterocycles. The summed E-state index contributed by atoms with van der Waals surface area (Å²) in [4.78, 5) is 7.18. The molecule has 0 amide bonds. The fourth-order valence-corrected chi connectivity index (χ4v) is 1.93. The smallest absolute Gasteiger partial charge is 0.104 e. The first kappa shape index (κ1) is 4.46. The lowest BCUT2D eigenvalue weighted by atomic mass is 12.8. The molecular formula is N3P3. The zero-order valence-electron chi connectivity index (χ0n) is 2.68. The van der Waals surface area contributed by atoms with Crippen molar-refractivity contribution in [2.24, 2.45) is 0 Å². The molecule has 0 atom stereocenters. The van der Waals surface area contributed by atoms with E-state index >= 15 is 0 Å². The van der Waals surface area contributed by atoms with Crippen molar-refractivity contribution in [3.05, 3.63) is 0 Å². The Morgan fingerprint density at radius 3 is 1.83 bits per heavy atom. The Morgan fingerprint density at radius 2 is 1.67 bits per heavy atom. The molecule has 1 aromatic rings. The summed E-state index contributed by atoms with van der Waals surface area (Å²) in [5.74, 6) is 0. The minimum atomic E-state index is 1.02. The van der Waals surface area contributed by atoms with Crippen LogP contribution in [-0.4, -0.2) is 14.9 Å². The van der Waals surface area contributed by atoms with E-state index in [1.807, 2.05) is 0 Å². The summed E-state index contributed by atoms with van der Waals surface area (Å²) in [6.07, 6.45) is 0. The Hall–Kier alpha value is 0.300. The van der Waals surface area contributed by atoms with Crippen LogP contribution in [0.4, 0.5) is 0 Å². The minimum Gasteiger partial charge on any atom is -0.104 e. The molecule has 0 fully saturated rings. The van der Waals surface area contributed by atoms with E-state index in [2.05, 4.69) is 14.9 Å². The van der Waals surface area contributed by atoms with Gasteiger partial charge in [-0.2, -0.15) is 0 Å². The van der Waals surface area contributed by atoms with Crippen LogP contribution in [0.25, 0.3) is 0 Å². The summed E-state index contributed by atoms with van der Waals surface area (Å²) in [5.41, 5.74) is 0. The molecule has 0 radical (unpaired) electrons. The third-order valence-electron chi connectivity index (χ3n) is 0.240. The molecule has 0 unspecified atom stereocenters. The molecule has 1 rings (SSSR count). The predicted octanol–water partition coefficient (Wildman–Crippen LogP) is 1.61. The number of hydrogen-bond donors (Lipinski definition) is 0. The van der Waals surface area contributed by atoms with Crippen molar-refractivity contribution >= 4 is 23.6 Å². The highest BCUT2D eigenvalue weighted by Crippen LogP contribution is 2.20. The zero-order valence-corrected chi connectivity index (χ0v) is 5.37. The van der Waals surface area contributed by atoms with Crippen LogP contribution in [0, 0.1) is 0 Å². The van der Waals surface area contributed by atoms with Gasteiger partial charge in [0, 0.05) is 7.55 Å². The number of hydrogen-bond acceptors (Lipinski definition) is 3. The molecule has 0 aromatic carbocycles. The lowest BCUT2D eigenvalue weighted by Crippen LogP contribution is -1.66. The van der Waals surface area contributed by atoms with Gasteiger partial charge in [-0.25, -0.2) is 0 Å². The largest absolute Gasteiger partial charge is 0.104 e. The van der Waals surface area contributed by atoms with Gasteiger partial charge in [-0.05, 0) is 5.21 Å². The topological polar surface area (TPSA) is 38.7 Å². The van der Waals surface area contributed by atoms with Crippen LogP contribution in [0.15, 0.2) is 0 Å². The minimum absolute atomic E-state index is 1.02. The lowest BCUT2D eigenvalue weighted by Gasteiger charge is -1.64. The average molecular weight is 135 g/mol. The first-order chi connectivity index (χ1) is 3.00. The van der Waals surface area contributed by atoms with E-state index in [9.17, 15) is 0 Å². The summed E-state index contributed by atoms with van der Waals surface area (Å²) in [6, 6.07) is 0. The summed E-state index contributed by atoms with van der Waals surface area (Å²) < 4.78 is 0. The third kappa shape index (κ3) is 1.18. The second-order valence-corrected chi connectivity index (χ2v) is 4.65. The van der Waals surface area contributed by atoms with Crippen LogP contribution >= 0.6 is 23.6 Å². The van der Waals surface area contributed by atoms with E-state index < -0.39 is 0 Å². The quantitative estimate of drug-likeness (QED) is 0.542. The maximum atomic E-state index is 3.59. The van der Waals surface area contributed by atoms with Crippen LogP contribution < -0.4 is 0 Å². The highest BCUT2D eigenvalue weighted by Gasteiger charge is 1.64. The maximum absolute atomic E-state index is 3.59. The van der Waals surface area contributed by atoms with Crippen molar-refractivity contribution in [2.75, 3.05) is 0 Å². The molecule has 1 heterocycles. The first-order valence-corrected chi connectivity index (χ1v) is 5.20. The standard InChI is InChI=1S/N3P3/c1-2-4-6-5-3-1. The molecule has 0 aliphatic rings. The van der Waals surface area contributed by atoms with Crippen molar-refractivity contribution < 1.29 is 0 Å². The van der Waals surface area contributed by atoms with Crippen LogP contribution in [-0.2, 0) is 0 Å². The van der Waals surface area contributed by atoms with E-state index in [-0.39, 0.29) is 0 Å². The van der Waals surface area contributed by atoms with Gasteiger partial charge in [0.15, 0.2) is 0 Å². The van der Waals surface area contributed by atoms with Gasteiger partial charge in [-0.3, -0.25) is 0 Å². The number of aromatic nitrogens is 3. The Morgan fingerprint density at radius 1 is 1.00 bits per heavy atom. The SMILES string of the molecule is n1npppn1. The molecule has 0 aliphatic carbocycles. The maximum Gasteiger partial charge on any atom is 0.104 e. The van der Waals surface area contributed by atoms with E-state index in [1.165, 1.54) is 7.55 Å². The third-order valence-corrected chi connectivity index (χ3v) is 3.12. The Kier molecular flexibility index (Phi) is 1.83. The molecule has 6 heteroatoms. The Labute approximate surface area is 39.4 Å². The van der Waals surface area contributed by atoms with Crippen LogP contribution in [0.2, 0.25) is 0 Å². The van der Waals surface area contributed by atoms with Gasteiger partial charge in [0.25, 0.3) is 0 Å². The van der Waals surface area contributed by atoms with Crippen molar-refractivity contribution in [1.82, 2.24) is 14.9 Å². The van der Waals surface area contributed by atoms with E-state index in [0.29, 0.717) is 0 Å². The summed E-state index contributed by atoms with van der Waals surface area (Å²) in [6.45, 7) is 0. The number of nitrogens with zero attached hydrogens (tertiary/aromatic N) is 3. The molecule has 3 nitrogen and oxygen atoms in total. The van der Waals surface area contributed by atoms with Crippen LogP contribution in [0.3, 0.4) is 0 Å². The van der Waals surface area contributed by atoms with Crippen LogP contribution in [0.5, 0.6) is 0 Å². The molecule has 0 saturated carbocycles. The molecule has 0 spiro atoms. The average Bonchev–Trinajstić information content (AvgIpc) is 1.72. The normalized spacial score (nSPS) is 12.0. The molecule has 0 bridgehead atoms. The predicted molar refractivity (Wildman–Crippen MR) is 27.4 cm³/mol. The summed E-state index contributed by atoms with van der Waals surface area (Å²) >= 11 is 0. The van der Waals surface area contributed by atoms with Gasteiger partial charge in [0.1, 0.15) is 16.1 Å². The monoisotopic (exact) mass is 135 g/mol. The second-order valence-electron chi connectivity index (χ2n) is 0.537. The Balaban J connectivity index is 3.00. The second kappa shape index (κ2) is 2.47. The highest BCUT2D eigenvalue weighted by atomic mass is 32.1. The molecule has 0 aliphatic heterocycles. The Bertz CT molecular complexity index is 78.0. The van der Waals surface area contributed by atoms with Gasteiger partial charge < -0.3 is 0 Å².